The van der Waals surface area contributed by atoms with Crippen molar-refractivity contribution in [3.63, 3.8) is 0 Å². The molecule has 0 unspecified atom stereocenters. The second-order valence-electron chi connectivity index (χ2n) is 7.74. The van der Waals surface area contributed by atoms with E-state index in [-0.39, 0.29) is 11.1 Å². The van der Waals surface area contributed by atoms with Crippen LogP contribution in [0, 0.1) is 19.8 Å². The van der Waals surface area contributed by atoms with Gasteiger partial charge in [0.05, 0.1) is 5.56 Å². The number of carbonyl (C=O) groups is 4. The van der Waals surface area contributed by atoms with Gasteiger partial charge in [-0.25, -0.2) is 4.79 Å². The van der Waals surface area contributed by atoms with Gasteiger partial charge in [-0.05, 0) is 43.2 Å². The van der Waals surface area contributed by atoms with Crippen LogP contribution in [0.4, 0.5) is 5.69 Å². The summed E-state index contributed by atoms with van der Waals surface area (Å²) in [6.45, 7) is 3.83. The summed E-state index contributed by atoms with van der Waals surface area (Å²) in [5.74, 6) is -4.62. The monoisotopic (exact) mass is 427 g/mol. The van der Waals surface area contributed by atoms with Gasteiger partial charge in [0, 0.05) is 16.8 Å². The minimum absolute atomic E-state index is 0.255. The van der Waals surface area contributed by atoms with E-state index in [9.17, 15) is 19.2 Å². The molecule has 0 fully saturated rings. The van der Waals surface area contributed by atoms with Crippen LogP contribution in [0.3, 0.4) is 0 Å². The standard InChI is InChI=1S/C26H21NO5/c1-15-12-13-18(14-16(15)2)27-25(30)23(29)21(22(28)17-8-4-3-5-9-17)24-19-10-6-7-11-20(19)26(31)32-24/h3-14,21,24H,1-2H3,(H,27,30)/t21-,24+/m1/s1. The highest BCUT2D eigenvalue weighted by atomic mass is 16.5. The number of nitrogens with one attached hydrogen (secondary N) is 1. The third-order valence-corrected chi connectivity index (χ3v) is 5.64. The van der Waals surface area contributed by atoms with Gasteiger partial charge in [0.25, 0.3) is 5.91 Å². The lowest BCUT2D eigenvalue weighted by Gasteiger charge is -2.21. The summed E-state index contributed by atoms with van der Waals surface area (Å²) in [4.78, 5) is 51.9. The number of esters is 1. The van der Waals surface area contributed by atoms with Gasteiger partial charge in [-0.3, -0.25) is 14.4 Å². The Bertz CT molecular complexity index is 1230. The highest BCUT2D eigenvalue weighted by molar-refractivity contribution is 6.45. The molecule has 1 aliphatic heterocycles. The van der Waals surface area contributed by atoms with E-state index in [4.69, 9.17) is 4.74 Å². The SMILES string of the molecule is Cc1ccc(NC(=O)C(=O)[C@@H](C(=O)c2ccccc2)[C@H]2OC(=O)c3ccccc32)cc1C. The van der Waals surface area contributed by atoms with Crippen LogP contribution in [0.15, 0.2) is 72.8 Å². The van der Waals surface area contributed by atoms with Gasteiger partial charge in [0.15, 0.2) is 5.78 Å². The maximum absolute atomic E-state index is 13.4. The number of anilines is 1. The third-order valence-electron chi connectivity index (χ3n) is 5.64. The number of hydrogen-bond donors (Lipinski definition) is 1. The Kier molecular flexibility index (Phi) is 5.69. The van der Waals surface area contributed by atoms with Gasteiger partial charge in [-0.15, -0.1) is 0 Å². The van der Waals surface area contributed by atoms with Gasteiger partial charge < -0.3 is 10.1 Å². The van der Waals surface area contributed by atoms with E-state index in [1.54, 1.807) is 66.7 Å². The molecule has 3 aromatic carbocycles. The normalized spacial score (nSPS) is 15.4. The van der Waals surface area contributed by atoms with Crippen molar-refractivity contribution in [3.8, 4) is 0 Å². The van der Waals surface area contributed by atoms with Gasteiger partial charge in [0.2, 0.25) is 5.78 Å². The minimum atomic E-state index is -1.50. The minimum Gasteiger partial charge on any atom is -0.453 e. The molecule has 1 aliphatic rings. The van der Waals surface area contributed by atoms with Crippen molar-refractivity contribution in [2.24, 2.45) is 5.92 Å². The lowest BCUT2D eigenvalue weighted by atomic mass is 9.84. The number of hydrogen-bond acceptors (Lipinski definition) is 5. The van der Waals surface area contributed by atoms with Crippen molar-refractivity contribution in [1.29, 1.82) is 0 Å². The van der Waals surface area contributed by atoms with E-state index in [0.29, 0.717) is 11.3 Å². The first-order valence-corrected chi connectivity index (χ1v) is 10.2. The quantitative estimate of drug-likeness (QED) is 0.275. The van der Waals surface area contributed by atoms with E-state index >= 15 is 0 Å². The number of amides is 1. The number of rotatable bonds is 6. The van der Waals surface area contributed by atoms with Crippen LogP contribution in [-0.4, -0.2) is 23.4 Å². The number of cyclic esters (lactones) is 1. The maximum atomic E-state index is 13.4. The van der Waals surface area contributed by atoms with Crippen LogP contribution in [0.1, 0.15) is 43.5 Å². The van der Waals surface area contributed by atoms with Crippen LogP contribution in [0.2, 0.25) is 0 Å². The molecule has 6 nitrogen and oxygen atoms in total. The molecule has 4 rings (SSSR count). The smallest absolute Gasteiger partial charge is 0.339 e. The van der Waals surface area contributed by atoms with Crippen LogP contribution < -0.4 is 5.32 Å². The zero-order chi connectivity index (χ0) is 22.8. The topological polar surface area (TPSA) is 89.5 Å². The molecule has 0 saturated carbocycles. The summed E-state index contributed by atoms with van der Waals surface area (Å²) >= 11 is 0. The van der Waals surface area contributed by atoms with Gasteiger partial charge in [-0.2, -0.15) is 0 Å². The molecule has 6 heteroatoms. The van der Waals surface area contributed by atoms with E-state index in [0.717, 1.165) is 11.1 Å². The van der Waals surface area contributed by atoms with E-state index in [1.807, 2.05) is 19.9 Å². The van der Waals surface area contributed by atoms with Crippen LogP contribution >= 0.6 is 0 Å². The van der Waals surface area contributed by atoms with Crippen molar-refractivity contribution in [2.45, 2.75) is 20.0 Å². The van der Waals surface area contributed by atoms with Crippen LogP contribution in [0.25, 0.3) is 0 Å². The number of benzene rings is 3. The zero-order valence-corrected chi connectivity index (χ0v) is 17.6. The second kappa shape index (κ2) is 8.59. The summed E-state index contributed by atoms with van der Waals surface area (Å²) < 4.78 is 5.43. The molecule has 1 heterocycles. The van der Waals surface area contributed by atoms with Gasteiger partial charge in [-0.1, -0.05) is 54.6 Å². The van der Waals surface area contributed by atoms with Crippen molar-refractivity contribution in [3.05, 3.63) is 101 Å². The fraction of sp³-hybridized carbons (Fsp3) is 0.154. The van der Waals surface area contributed by atoms with Crippen molar-refractivity contribution < 1.29 is 23.9 Å². The third kappa shape index (κ3) is 3.95. The molecule has 2 atom stereocenters. The van der Waals surface area contributed by atoms with Crippen LogP contribution in [-0.2, 0) is 14.3 Å². The van der Waals surface area contributed by atoms with E-state index < -0.39 is 35.5 Å². The Morgan fingerprint density at radius 1 is 0.875 bits per heavy atom. The Hall–Kier alpha value is -4.06. The number of aryl methyl sites for hydroxylation is 2. The number of ether oxygens (including phenoxy) is 1. The molecular weight excluding hydrogens is 406 g/mol. The summed E-state index contributed by atoms with van der Waals surface area (Å²) in [5, 5.41) is 2.57. The molecule has 0 spiro atoms. The molecule has 0 saturated heterocycles. The van der Waals surface area contributed by atoms with Crippen molar-refractivity contribution >= 4 is 29.1 Å². The second-order valence-corrected chi connectivity index (χ2v) is 7.74. The number of carbonyl (C=O) groups excluding carboxylic acids is 4. The van der Waals surface area contributed by atoms with Crippen molar-refractivity contribution in [2.75, 3.05) is 5.32 Å². The predicted molar refractivity (Wildman–Crippen MR) is 118 cm³/mol. The first kappa shape index (κ1) is 21.2. The van der Waals surface area contributed by atoms with Crippen molar-refractivity contribution in [1.82, 2.24) is 0 Å². The van der Waals surface area contributed by atoms with E-state index in [2.05, 4.69) is 5.32 Å². The van der Waals surface area contributed by atoms with Gasteiger partial charge in [0.1, 0.15) is 12.0 Å². The Morgan fingerprint density at radius 3 is 2.28 bits per heavy atom. The first-order valence-electron chi connectivity index (χ1n) is 10.2. The number of ketones is 2. The molecule has 3 aromatic rings. The molecule has 32 heavy (non-hydrogen) atoms. The fourth-order valence-electron chi connectivity index (χ4n) is 3.75. The lowest BCUT2D eigenvalue weighted by Crippen LogP contribution is -2.38. The maximum Gasteiger partial charge on any atom is 0.339 e. The molecule has 0 radical (unpaired) electrons. The summed E-state index contributed by atoms with van der Waals surface area (Å²) in [5.41, 5.74) is 3.39. The average molecular weight is 427 g/mol. The molecule has 0 aliphatic carbocycles. The largest absolute Gasteiger partial charge is 0.453 e. The highest BCUT2D eigenvalue weighted by Gasteiger charge is 2.46. The number of fused-ring (bicyclic) bond motifs is 1. The summed E-state index contributed by atoms with van der Waals surface area (Å²) in [6.07, 6.45) is -1.18. The molecule has 0 bridgehead atoms. The summed E-state index contributed by atoms with van der Waals surface area (Å²) in [6, 6.07) is 20.0. The van der Waals surface area contributed by atoms with E-state index in [1.165, 1.54) is 0 Å². The molecule has 160 valence electrons. The molecule has 1 amide bonds. The Morgan fingerprint density at radius 2 is 1.56 bits per heavy atom. The Labute approximate surface area is 185 Å². The first-order chi connectivity index (χ1) is 15.4. The fourth-order valence-corrected chi connectivity index (χ4v) is 3.75. The molecule has 0 aromatic heterocycles. The zero-order valence-electron chi connectivity index (χ0n) is 17.6. The van der Waals surface area contributed by atoms with Crippen LogP contribution in [0.5, 0.6) is 0 Å². The summed E-state index contributed by atoms with van der Waals surface area (Å²) in [7, 11) is 0. The lowest BCUT2D eigenvalue weighted by molar-refractivity contribution is -0.138. The Balaban J connectivity index is 1.70. The molecule has 1 N–H and O–H groups in total. The van der Waals surface area contributed by atoms with Gasteiger partial charge >= 0.3 is 5.97 Å². The predicted octanol–water partition coefficient (Wildman–Crippen LogP) is 4.22. The number of Topliss-reactive ketones (excluding diaryl/α,β-unsaturated/α-hetero) is 2. The highest BCUT2D eigenvalue weighted by Crippen LogP contribution is 2.38. The average Bonchev–Trinajstić information content (AvgIpc) is 3.13. The molecular formula is C26H21NO5.